The highest BCUT2D eigenvalue weighted by molar-refractivity contribution is 5.96. The molecule has 0 aromatic heterocycles. The van der Waals surface area contributed by atoms with Crippen LogP contribution in [0.2, 0.25) is 0 Å². The zero-order chi connectivity index (χ0) is 20.3. The number of nitrogens with one attached hydrogen (secondary N) is 1. The van der Waals surface area contributed by atoms with E-state index in [-0.39, 0.29) is 11.8 Å². The quantitative estimate of drug-likeness (QED) is 0.513. The van der Waals surface area contributed by atoms with Crippen LogP contribution in [0.1, 0.15) is 34.3 Å². The predicted octanol–water partition coefficient (Wildman–Crippen LogP) is 4.66. The standard InChI is InChI=1S/C25H27NO3/c1-2-28-17-18-29-24-16-10-9-15-22(24)25(27)26-19-23(20-11-5-3-6-12-20)21-13-7-4-8-14-21/h3-16,23H,2,17-19H2,1H3,(H,26,27). The SMILES string of the molecule is CCOCCOc1ccccc1C(=O)NCC(c1ccccc1)c1ccccc1. The van der Waals surface area contributed by atoms with Crippen molar-refractivity contribution < 1.29 is 14.3 Å². The minimum atomic E-state index is -0.145. The van der Waals surface area contributed by atoms with E-state index < -0.39 is 0 Å². The minimum Gasteiger partial charge on any atom is -0.490 e. The third-order valence-corrected chi connectivity index (χ3v) is 4.69. The van der Waals surface area contributed by atoms with E-state index in [0.29, 0.717) is 37.7 Å². The molecule has 1 amide bonds. The van der Waals surface area contributed by atoms with Gasteiger partial charge in [-0.15, -0.1) is 0 Å². The molecule has 4 nitrogen and oxygen atoms in total. The van der Waals surface area contributed by atoms with Crippen LogP contribution in [0.3, 0.4) is 0 Å². The normalized spacial score (nSPS) is 10.7. The predicted molar refractivity (Wildman–Crippen MR) is 115 cm³/mol. The highest BCUT2D eigenvalue weighted by atomic mass is 16.5. The molecule has 0 aliphatic rings. The summed E-state index contributed by atoms with van der Waals surface area (Å²) in [6.45, 7) is 3.99. The van der Waals surface area contributed by atoms with Crippen LogP contribution in [-0.4, -0.2) is 32.3 Å². The molecule has 0 radical (unpaired) electrons. The molecule has 0 saturated heterocycles. The highest BCUT2D eigenvalue weighted by Crippen LogP contribution is 2.24. The van der Waals surface area contributed by atoms with E-state index in [1.54, 1.807) is 6.07 Å². The fourth-order valence-corrected chi connectivity index (χ4v) is 3.22. The van der Waals surface area contributed by atoms with Crippen molar-refractivity contribution in [2.45, 2.75) is 12.8 Å². The first-order chi connectivity index (χ1) is 14.3. The van der Waals surface area contributed by atoms with Gasteiger partial charge in [-0.3, -0.25) is 4.79 Å². The Morgan fingerprint density at radius 1 is 0.828 bits per heavy atom. The van der Waals surface area contributed by atoms with Gasteiger partial charge < -0.3 is 14.8 Å². The Balaban J connectivity index is 1.71. The number of hydrogen-bond donors (Lipinski definition) is 1. The molecule has 0 heterocycles. The summed E-state index contributed by atoms with van der Waals surface area (Å²) in [5, 5.41) is 3.09. The summed E-state index contributed by atoms with van der Waals surface area (Å²) < 4.78 is 11.1. The van der Waals surface area contributed by atoms with Gasteiger partial charge in [-0.05, 0) is 30.2 Å². The van der Waals surface area contributed by atoms with Crippen molar-refractivity contribution in [3.63, 3.8) is 0 Å². The van der Waals surface area contributed by atoms with Gasteiger partial charge in [0.05, 0.1) is 12.2 Å². The lowest BCUT2D eigenvalue weighted by Crippen LogP contribution is -2.29. The molecule has 150 valence electrons. The van der Waals surface area contributed by atoms with Crippen molar-refractivity contribution >= 4 is 5.91 Å². The summed E-state index contributed by atoms with van der Waals surface area (Å²) in [4.78, 5) is 12.9. The van der Waals surface area contributed by atoms with Crippen molar-refractivity contribution in [1.29, 1.82) is 0 Å². The Bertz CT molecular complexity index is 841. The molecule has 0 aliphatic carbocycles. The first-order valence-corrected chi connectivity index (χ1v) is 9.97. The van der Waals surface area contributed by atoms with E-state index >= 15 is 0 Å². The molecule has 0 unspecified atom stereocenters. The average molecular weight is 389 g/mol. The van der Waals surface area contributed by atoms with E-state index in [1.807, 2.05) is 61.5 Å². The van der Waals surface area contributed by atoms with Crippen LogP contribution in [0, 0.1) is 0 Å². The van der Waals surface area contributed by atoms with Gasteiger partial charge in [0, 0.05) is 19.1 Å². The number of hydrogen-bond acceptors (Lipinski definition) is 3. The molecule has 29 heavy (non-hydrogen) atoms. The average Bonchev–Trinajstić information content (AvgIpc) is 2.78. The summed E-state index contributed by atoms with van der Waals surface area (Å²) >= 11 is 0. The number of ether oxygens (including phenoxy) is 2. The molecule has 0 fully saturated rings. The molecule has 3 rings (SSSR count). The van der Waals surface area contributed by atoms with Gasteiger partial charge >= 0.3 is 0 Å². The molecule has 3 aromatic rings. The molecule has 0 aliphatic heterocycles. The maximum atomic E-state index is 12.9. The molecule has 0 atom stereocenters. The van der Waals surface area contributed by atoms with E-state index in [9.17, 15) is 4.79 Å². The van der Waals surface area contributed by atoms with Crippen molar-refractivity contribution in [3.05, 3.63) is 102 Å². The molecule has 0 bridgehead atoms. The Morgan fingerprint density at radius 2 is 1.41 bits per heavy atom. The van der Waals surface area contributed by atoms with E-state index in [0.717, 1.165) is 0 Å². The van der Waals surface area contributed by atoms with Gasteiger partial charge in [-0.1, -0.05) is 72.8 Å². The summed E-state index contributed by atoms with van der Waals surface area (Å²) in [5.74, 6) is 0.502. The van der Waals surface area contributed by atoms with Crippen molar-refractivity contribution in [2.75, 3.05) is 26.4 Å². The van der Waals surface area contributed by atoms with Gasteiger partial charge in [-0.2, -0.15) is 0 Å². The van der Waals surface area contributed by atoms with E-state index in [4.69, 9.17) is 9.47 Å². The number of amides is 1. The monoisotopic (exact) mass is 389 g/mol. The minimum absolute atomic E-state index is 0.0763. The maximum absolute atomic E-state index is 12.9. The van der Waals surface area contributed by atoms with Gasteiger partial charge in [0.15, 0.2) is 0 Å². The fourth-order valence-electron chi connectivity index (χ4n) is 3.22. The Kier molecular flexibility index (Phi) is 7.84. The third-order valence-electron chi connectivity index (χ3n) is 4.69. The number of benzene rings is 3. The van der Waals surface area contributed by atoms with Crippen molar-refractivity contribution in [3.8, 4) is 5.75 Å². The van der Waals surface area contributed by atoms with Crippen LogP contribution in [0.4, 0.5) is 0 Å². The van der Waals surface area contributed by atoms with Crippen LogP contribution in [0.25, 0.3) is 0 Å². The Labute approximate surface area is 172 Å². The summed E-state index contributed by atoms with van der Waals surface area (Å²) in [6.07, 6.45) is 0. The Morgan fingerprint density at radius 3 is 2.03 bits per heavy atom. The fraction of sp³-hybridized carbons (Fsp3) is 0.240. The van der Waals surface area contributed by atoms with Crippen LogP contribution in [0.15, 0.2) is 84.9 Å². The van der Waals surface area contributed by atoms with Crippen LogP contribution in [0.5, 0.6) is 5.75 Å². The number of carbonyl (C=O) groups is 1. The number of carbonyl (C=O) groups excluding carboxylic acids is 1. The second kappa shape index (κ2) is 11.0. The molecular weight excluding hydrogens is 362 g/mol. The lowest BCUT2D eigenvalue weighted by molar-refractivity contribution is 0.0935. The first kappa shape index (κ1) is 20.6. The van der Waals surface area contributed by atoms with Gasteiger partial charge in [-0.25, -0.2) is 0 Å². The molecule has 0 saturated carbocycles. The van der Waals surface area contributed by atoms with Crippen molar-refractivity contribution in [1.82, 2.24) is 5.32 Å². The van der Waals surface area contributed by atoms with Gasteiger partial charge in [0.1, 0.15) is 12.4 Å². The van der Waals surface area contributed by atoms with Crippen molar-refractivity contribution in [2.24, 2.45) is 0 Å². The van der Waals surface area contributed by atoms with Crippen LogP contribution >= 0.6 is 0 Å². The van der Waals surface area contributed by atoms with E-state index in [2.05, 4.69) is 29.6 Å². The van der Waals surface area contributed by atoms with Gasteiger partial charge in [0.25, 0.3) is 5.91 Å². The summed E-state index contributed by atoms with van der Waals surface area (Å²) in [6, 6.07) is 27.8. The topological polar surface area (TPSA) is 47.6 Å². The zero-order valence-electron chi connectivity index (χ0n) is 16.7. The number of para-hydroxylation sites is 1. The molecular formula is C25H27NO3. The summed E-state index contributed by atoms with van der Waals surface area (Å²) in [5.41, 5.74) is 2.87. The van der Waals surface area contributed by atoms with E-state index in [1.165, 1.54) is 11.1 Å². The van der Waals surface area contributed by atoms with Gasteiger partial charge in [0.2, 0.25) is 0 Å². The first-order valence-electron chi connectivity index (χ1n) is 9.97. The summed E-state index contributed by atoms with van der Waals surface area (Å²) in [7, 11) is 0. The largest absolute Gasteiger partial charge is 0.490 e. The molecule has 0 spiro atoms. The second-order valence-electron chi connectivity index (χ2n) is 6.63. The lowest BCUT2D eigenvalue weighted by Gasteiger charge is -2.19. The smallest absolute Gasteiger partial charge is 0.255 e. The maximum Gasteiger partial charge on any atom is 0.255 e. The Hall–Kier alpha value is -3.11. The van der Waals surface area contributed by atoms with Crippen LogP contribution in [-0.2, 0) is 4.74 Å². The van der Waals surface area contributed by atoms with Crippen LogP contribution < -0.4 is 10.1 Å². The molecule has 3 aromatic carbocycles. The zero-order valence-corrected chi connectivity index (χ0v) is 16.7. The second-order valence-corrected chi connectivity index (χ2v) is 6.63. The molecule has 4 heteroatoms. The lowest BCUT2D eigenvalue weighted by atomic mass is 9.91. The molecule has 1 N–H and O–H groups in total. The highest BCUT2D eigenvalue weighted by Gasteiger charge is 2.17. The number of rotatable bonds is 10. The third kappa shape index (κ3) is 5.93.